The van der Waals surface area contributed by atoms with E-state index in [0.29, 0.717) is 17.9 Å². The maximum Gasteiger partial charge on any atom is 0.156 e. The van der Waals surface area contributed by atoms with Gasteiger partial charge in [0.15, 0.2) is 5.65 Å². The Labute approximate surface area is 155 Å². The minimum absolute atomic E-state index is 0.367. The summed E-state index contributed by atoms with van der Waals surface area (Å²) >= 11 is 0. The number of aromatic nitrogens is 3. The number of allylic oxidation sites excluding steroid dienone is 2. The lowest BCUT2D eigenvalue weighted by atomic mass is 9.85. The highest BCUT2D eigenvalue weighted by atomic mass is 16.5. The fourth-order valence-electron chi connectivity index (χ4n) is 4.61. The average molecular weight is 354 g/mol. The van der Waals surface area contributed by atoms with Crippen LogP contribution in [0, 0.1) is 12.8 Å². The van der Waals surface area contributed by atoms with Gasteiger partial charge in [-0.05, 0) is 63.9 Å². The van der Waals surface area contributed by atoms with Crippen molar-refractivity contribution in [2.75, 3.05) is 13.2 Å². The van der Waals surface area contributed by atoms with E-state index in [9.17, 15) is 0 Å². The van der Waals surface area contributed by atoms with E-state index >= 15 is 0 Å². The van der Waals surface area contributed by atoms with E-state index < -0.39 is 0 Å². The maximum absolute atomic E-state index is 6.08. The van der Waals surface area contributed by atoms with Crippen LogP contribution in [0.5, 0.6) is 0 Å². The topological polar surface area (TPSA) is 65.4 Å². The highest BCUT2D eigenvalue weighted by molar-refractivity contribution is 5.68. The first-order valence-electron chi connectivity index (χ1n) is 10.0. The second-order valence-corrected chi connectivity index (χ2v) is 7.83. The standard InChI is InChI=1S/C21H30N4O/c1-3-18(15-8-10-26-11-9-15)21-14(2)23-12-20-24-19(13-25(20)21)16-4-6-17(22)7-5-16/h3,12-13,15-17H,4-11,22H2,1-2H3/b18-3-. The first-order valence-corrected chi connectivity index (χ1v) is 10.0. The number of imidazole rings is 1. The first kappa shape index (κ1) is 17.7. The molecule has 0 bridgehead atoms. The van der Waals surface area contributed by atoms with Crippen LogP contribution in [-0.2, 0) is 4.74 Å². The van der Waals surface area contributed by atoms with Gasteiger partial charge >= 0.3 is 0 Å². The van der Waals surface area contributed by atoms with Crippen LogP contribution in [0.4, 0.5) is 0 Å². The normalized spacial score (nSPS) is 25.7. The predicted molar refractivity (Wildman–Crippen MR) is 104 cm³/mol. The van der Waals surface area contributed by atoms with Gasteiger partial charge in [-0.2, -0.15) is 0 Å². The fraction of sp³-hybridized carbons (Fsp3) is 0.619. The Kier molecular flexibility index (Phi) is 5.09. The van der Waals surface area contributed by atoms with E-state index in [-0.39, 0.29) is 0 Å². The Hall–Kier alpha value is -1.72. The summed E-state index contributed by atoms with van der Waals surface area (Å²) in [6.45, 7) is 5.95. The summed E-state index contributed by atoms with van der Waals surface area (Å²) < 4.78 is 7.84. The predicted octanol–water partition coefficient (Wildman–Crippen LogP) is 3.85. The third kappa shape index (κ3) is 3.30. The van der Waals surface area contributed by atoms with Crippen LogP contribution in [-0.4, -0.2) is 33.6 Å². The van der Waals surface area contributed by atoms with Crippen molar-refractivity contribution in [2.45, 2.75) is 64.3 Å². The Morgan fingerprint density at radius 1 is 1.19 bits per heavy atom. The molecule has 5 heteroatoms. The zero-order valence-corrected chi connectivity index (χ0v) is 15.9. The number of fused-ring (bicyclic) bond motifs is 1. The van der Waals surface area contributed by atoms with Crippen LogP contribution >= 0.6 is 0 Å². The summed E-state index contributed by atoms with van der Waals surface area (Å²) in [5.74, 6) is 1.07. The average Bonchev–Trinajstić information content (AvgIpc) is 3.10. The van der Waals surface area contributed by atoms with E-state index in [1.807, 2.05) is 6.20 Å². The van der Waals surface area contributed by atoms with Crippen LogP contribution < -0.4 is 5.73 Å². The lowest BCUT2D eigenvalue weighted by Crippen LogP contribution is -2.25. The smallest absolute Gasteiger partial charge is 0.156 e. The Bertz CT molecular complexity index is 796. The monoisotopic (exact) mass is 354 g/mol. The zero-order chi connectivity index (χ0) is 18.1. The molecule has 0 amide bonds. The summed E-state index contributed by atoms with van der Waals surface area (Å²) in [4.78, 5) is 9.60. The van der Waals surface area contributed by atoms with E-state index in [1.54, 1.807) is 0 Å². The van der Waals surface area contributed by atoms with Gasteiger partial charge in [0.1, 0.15) is 0 Å². The van der Waals surface area contributed by atoms with Crippen molar-refractivity contribution in [2.24, 2.45) is 11.7 Å². The molecular weight excluding hydrogens is 324 g/mol. The molecular formula is C21H30N4O. The molecule has 3 heterocycles. The number of hydrogen-bond acceptors (Lipinski definition) is 4. The first-order chi connectivity index (χ1) is 12.7. The third-order valence-corrected chi connectivity index (χ3v) is 6.14. The van der Waals surface area contributed by atoms with Crippen LogP contribution in [0.1, 0.15) is 68.4 Å². The van der Waals surface area contributed by atoms with Crippen molar-refractivity contribution in [3.8, 4) is 0 Å². The molecule has 2 N–H and O–H groups in total. The van der Waals surface area contributed by atoms with Gasteiger partial charge < -0.3 is 10.5 Å². The number of ether oxygens (including phenoxy) is 1. The van der Waals surface area contributed by atoms with Crippen molar-refractivity contribution in [1.29, 1.82) is 0 Å². The lowest BCUT2D eigenvalue weighted by Gasteiger charge is -2.26. The molecule has 0 aromatic carbocycles. The Morgan fingerprint density at radius 3 is 2.62 bits per heavy atom. The van der Waals surface area contributed by atoms with Gasteiger partial charge in [-0.1, -0.05) is 6.08 Å². The molecule has 2 aromatic rings. The van der Waals surface area contributed by atoms with E-state index in [2.05, 4.69) is 35.5 Å². The zero-order valence-electron chi connectivity index (χ0n) is 15.9. The molecule has 2 aromatic heterocycles. The van der Waals surface area contributed by atoms with Gasteiger partial charge in [-0.15, -0.1) is 0 Å². The third-order valence-electron chi connectivity index (χ3n) is 6.14. The van der Waals surface area contributed by atoms with Gasteiger partial charge in [0, 0.05) is 31.4 Å². The summed E-state index contributed by atoms with van der Waals surface area (Å²) in [5.41, 5.74) is 11.9. The summed E-state index contributed by atoms with van der Waals surface area (Å²) in [6, 6.07) is 0.367. The van der Waals surface area contributed by atoms with Crippen molar-refractivity contribution >= 4 is 11.2 Å². The summed E-state index contributed by atoms with van der Waals surface area (Å²) in [7, 11) is 0. The van der Waals surface area contributed by atoms with Crippen molar-refractivity contribution in [3.63, 3.8) is 0 Å². The highest BCUT2D eigenvalue weighted by Gasteiger charge is 2.25. The Balaban J connectivity index is 1.73. The summed E-state index contributed by atoms with van der Waals surface area (Å²) in [5, 5.41) is 0. The summed E-state index contributed by atoms with van der Waals surface area (Å²) in [6.07, 6.45) is 13.1. The van der Waals surface area contributed by atoms with Gasteiger partial charge in [-0.3, -0.25) is 9.38 Å². The number of hydrogen-bond donors (Lipinski definition) is 1. The molecule has 0 unspecified atom stereocenters. The van der Waals surface area contributed by atoms with Gasteiger partial charge in [0.2, 0.25) is 0 Å². The quantitative estimate of drug-likeness (QED) is 0.909. The molecule has 2 fully saturated rings. The molecule has 0 radical (unpaired) electrons. The molecule has 26 heavy (non-hydrogen) atoms. The molecule has 1 saturated carbocycles. The van der Waals surface area contributed by atoms with Crippen LogP contribution in [0.3, 0.4) is 0 Å². The number of nitrogens with two attached hydrogens (primary N) is 1. The Morgan fingerprint density at radius 2 is 1.92 bits per heavy atom. The second-order valence-electron chi connectivity index (χ2n) is 7.83. The van der Waals surface area contributed by atoms with E-state index in [1.165, 1.54) is 17.0 Å². The molecule has 140 valence electrons. The SMILES string of the molecule is C/C=C(\c1c(C)ncc2nc(C3CCC(N)CC3)cn12)C1CCOCC1. The molecule has 1 aliphatic heterocycles. The van der Waals surface area contributed by atoms with Crippen molar-refractivity contribution < 1.29 is 4.74 Å². The maximum atomic E-state index is 6.08. The molecule has 2 aliphatic rings. The van der Waals surface area contributed by atoms with Crippen LogP contribution in [0.2, 0.25) is 0 Å². The van der Waals surface area contributed by atoms with Crippen molar-refractivity contribution in [3.05, 3.63) is 35.6 Å². The lowest BCUT2D eigenvalue weighted by molar-refractivity contribution is 0.0806. The minimum Gasteiger partial charge on any atom is -0.381 e. The number of nitrogens with zero attached hydrogens (tertiary/aromatic N) is 3. The molecule has 1 aliphatic carbocycles. The van der Waals surface area contributed by atoms with Crippen LogP contribution in [0.25, 0.3) is 11.2 Å². The fourth-order valence-corrected chi connectivity index (χ4v) is 4.61. The van der Waals surface area contributed by atoms with E-state index in [4.69, 9.17) is 15.5 Å². The van der Waals surface area contributed by atoms with Gasteiger partial charge in [-0.25, -0.2) is 4.98 Å². The van der Waals surface area contributed by atoms with Gasteiger partial charge in [0.05, 0.1) is 23.3 Å². The minimum atomic E-state index is 0.367. The van der Waals surface area contributed by atoms with E-state index in [0.717, 1.165) is 63.1 Å². The largest absolute Gasteiger partial charge is 0.381 e. The second kappa shape index (κ2) is 7.49. The molecule has 1 saturated heterocycles. The highest BCUT2D eigenvalue weighted by Crippen LogP contribution is 2.35. The molecule has 0 spiro atoms. The van der Waals surface area contributed by atoms with Crippen LogP contribution in [0.15, 0.2) is 18.5 Å². The number of aryl methyl sites for hydroxylation is 1. The number of rotatable bonds is 3. The molecule has 0 atom stereocenters. The van der Waals surface area contributed by atoms with Crippen molar-refractivity contribution in [1.82, 2.24) is 14.4 Å². The molecule has 5 nitrogen and oxygen atoms in total. The molecule has 4 rings (SSSR count). The van der Waals surface area contributed by atoms with Gasteiger partial charge in [0.25, 0.3) is 0 Å².